The van der Waals surface area contributed by atoms with Gasteiger partial charge in [-0.15, -0.1) is 0 Å². The highest BCUT2D eigenvalue weighted by molar-refractivity contribution is 6.13. The maximum atomic E-state index is 2.35. The fourth-order valence-corrected chi connectivity index (χ4v) is 6.17. The topological polar surface area (TPSA) is 0 Å². The molecule has 0 aliphatic heterocycles. The summed E-state index contributed by atoms with van der Waals surface area (Å²) in [6.07, 6.45) is 0. The number of fused-ring (bicyclic) bond motifs is 6. The van der Waals surface area contributed by atoms with E-state index >= 15 is 0 Å². The summed E-state index contributed by atoms with van der Waals surface area (Å²) >= 11 is 0. The Balaban J connectivity index is 1.33. The van der Waals surface area contributed by atoms with Crippen molar-refractivity contribution >= 4 is 53.9 Å². The molecule has 0 aliphatic rings. The van der Waals surface area contributed by atoms with E-state index in [9.17, 15) is 0 Å². The third kappa shape index (κ3) is 3.24. The van der Waals surface area contributed by atoms with Crippen LogP contribution >= 0.6 is 0 Å². The highest BCUT2D eigenvalue weighted by Gasteiger charge is 2.12. The van der Waals surface area contributed by atoms with Crippen molar-refractivity contribution in [2.45, 2.75) is 0 Å². The monoisotopic (exact) mass is 480 g/mol. The molecular weight excluding hydrogens is 456 g/mol. The first-order valence-corrected chi connectivity index (χ1v) is 13.2. The van der Waals surface area contributed by atoms with Crippen LogP contribution in [0.2, 0.25) is 0 Å². The Morgan fingerprint density at radius 3 is 1.66 bits per heavy atom. The van der Waals surface area contributed by atoms with Gasteiger partial charge < -0.3 is 0 Å². The SMILES string of the molecule is c1ccc2c(-c3ccc(-c4ccc5cc6c(ccc7ccccc76)cc5c4)c4ccccc34)cccc2c1. The van der Waals surface area contributed by atoms with E-state index in [1.807, 2.05) is 0 Å². The lowest BCUT2D eigenvalue weighted by molar-refractivity contribution is 1.66. The van der Waals surface area contributed by atoms with Gasteiger partial charge in [0.05, 0.1) is 0 Å². The maximum absolute atomic E-state index is 2.35. The minimum Gasteiger partial charge on any atom is -0.0616 e. The highest BCUT2D eigenvalue weighted by Crippen LogP contribution is 2.39. The summed E-state index contributed by atoms with van der Waals surface area (Å²) in [5.74, 6) is 0. The molecule has 0 aliphatic carbocycles. The first-order valence-electron chi connectivity index (χ1n) is 13.2. The molecule has 0 aromatic heterocycles. The molecule has 0 heteroatoms. The maximum Gasteiger partial charge on any atom is -0.00987 e. The quantitative estimate of drug-likeness (QED) is 0.170. The third-order valence-corrected chi connectivity index (χ3v) is 8.02. The van der Waals surface area contributed by atoms with Crippen molar-refractivity contribution in [1.82, 2.24) is 0 Å². The largest absolute Gasteiger partial charge is 0.0616 e. The van der Waals surface area contributed by atoms with E-state index in [1.165, 1.54) is 76.1 Å². The van der Waals surface area contributed by atoms with Gasteiger partial charge in [0.25, 0.3) is 0 Å². The summed E-state index contributed by atoms with van der Waals surface area (Å²) < 4.78 is 0. The van der Waals surface area contributed by atoms with E-state index in [0.717, 1.165) is 0 Å². The number of hydrogen-bond acceptors (Lipinski definition) is 0. The molecule has 0 nitrogen and oxygen atoms in total. The van der Waals surface area contributed by atoms with Gasteiger partial charge >= 0.3 is 0 Å². The number of benzene rings is 8. The fourth-order valence-electron chi connectivity index (χ4n) is 6.17. The molecule has 0 heterocycles. The van der Waals surface area contributed by atoms with Gasteiger partial charge in [0.15, 0.2) is 0 Å². The number of hydrogen-bond donors (Lipinski definition) is 0. The van der Waals surface area contributed by atoms with Crippen molar-refractivity contribution in [2.24, 2.45) is 0 Å². The van der Waals surface area contributed by atoms with Crippen LogP contribution in [0, 0.1) is 0 Å². The van der Waals surface area contributed by atoms with Crippen molar-refractivity contribution in [3.8, 4) is 22.3 Å². The third-order valence-electron chi connectivity index (χ3n) is 8.02. The van der Waals surface area contributed by atoms with Gasteiger partial charge in [-0.25, -0.2) is 0 Å². The Bertz CT molecular complexity index is 2180. The minimum absolute atomic E-state index is 1.25. The molecule has 8 aromatic carbocycles. The molecule has 0 amide bonds. The van der Waals surface area contributed by atoms with Gasteiger partial charge in [0.2, 0.25) is 0 Å². The summed E-state index contributed by atoms with van der Waals surface area (Å²) in [5.41, 5.74) is 5.08. The molecule has 0 N–H and O–H groups in total. The van der Waals surface area contributed by atoms with E-state index in [1.54, 1.807) is 0 Å². The first kappa shape index (κ1) is 21.2. The van der Waals surface area contributed by atoms with Crippen LogP contribution in [0.4, 0.5) is 0 Å². The molecule has 8 rings (SSSR count). The van der Waals surface area contributed by atoms with Gasteiger partial charge in [0.1, 0.15) is 0 Å². The van der Waals surface area contributed by atoms with E-state index < -0.39 is 0 Å². The van der Waals surface area contributed by atoms with Gasteiger partial charge in [-0.05, 0) is 94.3 Å². The number of rotatable bonds is 2. The van der Waals surface area contributed by atoms with Crippen LogP contribution in [0.15, 0.2) is 146 Å². The van der Waals surface area contributed by atoms with E-state index in [-0.39, 0.29) is 0 Å². The highest BCUT2D eigenvalue weighted by atomic mass is 14.2. The van der Waals surface area contributed by atoms with Crippen LogP contribution < -0.4 is 0 Å². The van der Waals surface area contributed by atoms with Crippen LogP contribution in [0.25, 0.3) is 76.1 Å². The Morgan fingerprint density at radius 2 is 0.816 bits per heavy atom. The molecule has 0 radical (unpaired) electrons. The lowest BCUT2D eigenvalue weighted by Crippen LogP contribution is -1.88. The standard InChI is InChI=1S/C38H24/c1-3-11-31-25(8-1)10-7-15-35(31)37-21-20-33(34-13-5-6-14-36(34)37)28-19-17-27-24-38-29(23-30(27)22-28)18-16-26-9-2-4-12-32(26)38/h1-24H. The van der Waals surface area contributed by atoms with Gasteiger partial charge in [-0.2, -0.15) is 0 Å². The molecule has 0 unspecified atom stereocenters. The van der Waals surface area contributed by atoms with Crippen molar-refractivity contribution in [3.05, 3.63) is 146 Å². The normalized spacial score (nSPS) is 11.7. The minimum atomic E-state index is 1.25. The molecule has 0 saturated carbocycles. The van der Waals surface area contributed by atoms with Crippen LogP contribution in [0.5, 0.6) is 0 Å². The summed E-state index contributed by atoms with van der Waals surface area (Å²) in [5, 5.41) is 12.9. The molecule has 0 spiro atoms. The average molecular weight is 481 g/mol. The van der Waals surface area contributed by atoms with Crippen LogP contribution in [0.1, 0.15) is 0 Å². The zero-order valence-corrected chi connectivity index (χ0v) is 20.9. The van der Waals surface area contributed by atoms with Gasteiger partial charge in [0, 0.05) is 0 Å². The lowest BCUT2D eigenvalue weighted by Gasteiger charge is -2.14. The van der Waals surface area contributed by atoms with Gasteiger partial charge in [-0.1, -0.05) is 127 Å². The summed E-state index contributed by atoms with van der Waals surface area (Å²) in [4.78, 5) is 0. The lowest BCUT2D eigenvalue weighted by atomic mass is 9.89. The Kier molecular flexibility index (Phi) is 4.62. The second-order valence-corrected chi connectivity index (χ2v) is 10.2. The molecule has 176 valence electrons. The second kappa shape index (κ2) is 8.30. The molecular formula is C38H24. The predicted molar refractivity (Wildman–Crippen MR) is 165 cm³/mol. The Hall–Kier alpha value is -4.94. The zero-order valence-electron chi connectivity index (χ0n) is 20.9. The Morgan fingerprint density at radius 1 is 0.237 bits per heavy atom. The van der Waals surface area contributed by atoms with Crippen LogP contribution in [0.3, 0.4) is 0 Å². The molecule has 0 saturated heterocycles. The molecule has 0 bridgehead atoms. The average Bonchev–Trinajstić information content (AvgIpc) is 2.99. The summed E-state index contributed by atoms with van der Waals surface area (Å²) in [6.45, 7) is 0. The van der Waals surface area contributed by atoms with Crippen molar-refractivity contribution in [2.75, 3.05) is 0 Å². The molecule has 0 fully saturated rings. The van der Waals surface area contributed by atoms with Crippen LogP contribution in [-0.2, 0) is 0 Å². The van der Waals surface area contributed by atoms with E-state index in [0.29, 0.717) is 0 Å². The molecule has 38 heavy (non-hydrogen) atoms. The van der Waals surface area contributed by atoms with Crippen molar-refractivity contribution in [1.29, 1.82) is 0 Å². The first-order chi connectivity index (χ1) is 18.8. The molecule has 8 aromatic rings. The summed E-state index contributed by atoms with van der Waals surface area (Å²) in [6, 6.07) is 53.4. The van der Waals surface area contributed by atoms with E-state index in [4.69, 9.17) is 0 Å². The van der Waals surface area contributed by atoms with E-state index in [2.05, 4.69) is 146 Å². The van der Waals surface area contributed by atoms with Crippen molar-refractivity contribution in [3.63, 3.8) is 0 Å². The smallest absolute Gasteiger partial charge is 0.00987 e. The Labute approximate surface area is 221 Å². The van der Waals surface area contributed by atoms with Gasteiger partial charge in [-0.3, -0.25) is 0 Å². The zero-order chi connectivity index (χ0) is 25.1. The van der Waals surface area contributed by atoms with Crippen molar-refractivity contribution < 1.29 is 0 Å². The fraction of sp³-hybridized carbons (Fsp3) is 0. The predicted octanol–water partition coefficient (Wildman–Crippen LogP) is 10.8. The summed E-state index contributed by atoms with van der Waals surface area (Å²) in [7, 11) is 0. The second-order valence-electron chi connectivity index (χ2n) is 10.2. The van der Waals surface area contributed by atoms with Crippen LogP contribution in [-0.4, -0.2) is 0 Å². The molecule has 0 atom stereocenters.